The highest BCUT2D eigenvalue weighted by atomic mass is 16.6. The number of nitrogens with zero attached hydrogens (tertiary/aromatic N) is 2. The highest BCUT2D eigenvalue weighted by Gasteiger charge is 2.11. The van der Waals surface area contributed by atoms with Crippen LogP contribution in [0.4, 0.5) is 5.69 Å². The molecule has 13 heavy (non-hydrogen) atoms. The van der Waals surface area contributed by atoms with E-state index in [0.717, 1.165) is 0 Å². The molecule has 0 aliphatic carbocycles. The highest BCUT2D eigenvalue weighted by molar-refractivity contribution is 5.30. The van der Waals surface area contributed by atoms with Crippen molar-refractivity contribution in [2.75, 3.05) is 0 Å². The summed E-state index contributed by atoms with van der Waals surface area (Å²) in [7, 11) is 0. The summed E-state index contributed by atoms with van der Waals surface area (Å²) in [5, 5.41) is 19.7. The van der Waals surface area contributed by atoms with E-state index in [2.05, 4.69) is 4.98 Å². The molecule has 5 nitrogen and oxygen atoms in total. The smallest absolute Gasteiger partial charge is 0.272 e. The van der Waals surface area contributed by atoms with Crippen molar-refractivity contribution in [3.05, 3.63) is 34.1 Å². The van der Waals surface area contributed by atoms with Crippen LogP contribution in [0.15, 0.2) is 18.3 Å². The molecule has 0 amide bonds. The Morgan fingerprint density at radius 2 is 2.46 bits per heavy atom. The fourth-order valence-electron chi connectivity index (χ4n) is 0.942. The van der Waals surface area contributed by atoms with Gasteiger partial charge in [-0.2, -0.15) is 0 Å². The molecule has 0 aromatic carbocycles. The molecule has 0 aliphatic heterocycles. The van der Waals surface area contributed by atoms with Gasteiger partial charge >= 0.3 is 0 Å². The van der Waals surface area contributed by atoms with Crippen molar-refractivity contribution >= 4 is 5.69 Å². The van der Waals surface area contributed by atoms with E-state index < -0.39 is 11.0 Å². The van der Waals surface area contributed by atoms with Gasteiger partial charge < -0.3 is 5.11 Å². The van der Waals surface area contributed by atoms with Crippen molar-refractivity contribution in [3.8, 4) is 0 Å². The van der Waals surface area contributed by atoms with Gasteiger partial charge in [0, 0.05) is 18.3 Å². The predicted molar refractivity (Wildman–Crippen MR) is 46.1 cm³/mol. The average Bonchev–Trinajstić information content (AvgIpc) is 2.17. The molecule has 0 fully saturated rings. The molecule has 0 saturated carbocycles. The monoisotopic (exact) mass is 182 g/mol. The zero-order chi connectivity index (χ0) is 9.84. The van der Waals surface area contributed by atoms with Gasteiger partial charge in [0.2, 0.25) is 0 Å². The Morgan fingerprint density at radius 1 is 1.77 bits per heavy atom. The third kappa shape index (κ3) is 2.22. The summed E-state index contributed by atoms with van der Waals surface area (Å²) in [6.07, 6.45) is 1.10. The number of nitro groups is 1. The fourth-order valence-corrected chi connectivity index (χ4v) is 0.942. The van der Waals surface area contributed by atoms with E-state index in [0.29, 0.717) is 12.1 Å². The minimum absolute atomic E-state index is 0.0440. The number of hydrogen-bond acceptors (Lipinski definition) is 4. The molecule has 1 atom stereocenters. The zero-order valence-electron chi connectivity index (χ0n) is 7.17. The molecule has 0 saturated heterocycles. The molecule has 1 heterocycles. The van der Waals surface area contributed by atoms with Gasteiger partial charge in [-0.25, -0.2) is 0 Å². The lowest BCUT2D eigenvalue weighted by Crippen LogP contribution is -1.99. The minimum atomic E-state index is -0.722. The average molecular weight is 182 g/mol. The zero-order valence-corrected chi connectivity index (χ0v) is 7.17. The van der Waals surface area contributed by atoms with Crippen molar-refractivity contribution in [3.63, 3.8) is 0 Å². The quantitative estimate of drug-likeness (QED) is 0.566. The minimum Gasteiger partial charge on any atom is -0.387 e. The third-order valence-corrected chi connectivity index (χ3v) is 1.70. The van der Waals surface area contributed by atoms with Crippen molar-refractivity contribution in [1.82, 2.24) is 4.98 Å². The number of aliphatic hydroxyl groups is 1. The molecule has 0 aliphatic rings. The summed E-state index contributed by atoms with van der Waals surface area (Å²) in [4.78, 5) is 13.7. The Hall–Kier alpha value is -1.49. The highest BCUT2D eigenvalue weighted by Crippen LogP contribution is 2.18. The van der Waals surface area contributed by atoms with E-state index in [-0.39, 0.29) is 5.69 Å². The molecule has 1 aromatic heterocycles. The van der Waals surface area contributed by atoms with Crippen molar-refractivity contribution in [1.29, 1.82) is 0 Å². The standard InChI is InChI=1S/C8H10N2O3/c1-2-8(11)7-5-6(10(12)13)3-4-9-7/h3-5,8,11H,2H2,1H3. The Kier molecular flexibility index (Phi) is 2.92. The van der Waals surface area contributed by atoms with E-state index in [1.165, 1.54) is 18.3 Å². The molecule has 5 heteroatoms. The first-order chi connectivity index (χ1) is 6.15. The molecular weight excluding hydrogens is 172 g/mol. The van der Waals surface area contributed by atoms with Gasteiger partial charge in [-0.3, -0.25) is 15.1 Å². The van der Waals surface area contributed by atoms with Crippen molar-refractivity contribution in [2.24, 2.45) is 0 Å². The van der Waals surface area contributed by atoms with Crippen LogP contribution in [0.3, 0.4) is 0 Å². The van der Waals surface area contributed by atoms with Crippen LogP contribution in [0.5, 0.6) is 0 Å². The van der Waals surface area contributed by atoms with Gasteiger partial charge in [0.1, 0.15) is 0 Å². The van der Waals surface area contributed by atoms with Crippen LogP contribution in [0, 0.1) is 10.1 Å². The topological polar surface area (TPSA) is 76.3 Å². The Balaban J connectivity index is 2.98. The molecule has 1 aromatic rings. The van der Waals surface area contributed by atoms with Crippen molar-refractivity contribution in [2.45, 2.75) is 19.4 Å². The maximum atomic E-state index is 10.4. The summed E-state index contributed by atoms with van der Waals surface area (Å²) in [6.45, 7) is 1.78. The molecule has 1 N–H and O–H groups in total. The van der Waals surface area contributed by atoms with Crippen LogP contribution in [0.25, 0.3) is 0 Å². The molecule has 0 radical (unpaired) electrons. The van der Waals surface area contributed by atoms with Crippen LogP contribution < -0.4 is 0 Å². The van der Waals surface area contributed by atoms with Gasteiger partial charge in [0.15, 0.2) is 0 Å². The Labute approximate surface area is 75.2 Å². The van der Waals surface area contributed by atoms with Crippen LogP contribution in [0.2, 0.25) is 0 Å². The molecule has 0 spiro atoms. The third-order valence-electron chi connectivity index (χ3n) is 1.70. The fraction of sp³-hybridized carbons (Fsp3) is 0.375. The van der Waals surface area contributed by atoms with Crippen LogP contribution in [-0.4, -0.2) is 15.0 Å². The van der Waals surface area contributed by atoms with Crippen LogP contribution in [-0.2, 0) is 0 Å². The molecular formula is C8H10N2O3. The largest absolute Gasteiger partial charge is 0.387 e. The van der Waals surface area contributed by atoms with E-state index in [1.54, 1.807) is 6.92 Å². The summed E-state index contributed by atoms with van der Waals surface area (Å²) in [5.41, 5.74) is 0.300. The van der Waals surface area contributed by atoms with Crippen LogP contribution >= 0.6 is 0 Å². The molecule has 70 valence electrons. The summed E-state index contributed by atoms with van der Waals surface area (Å²) >= 11 is 0. The number of pyridine rings is 1. The van der Waals surface area contributed by atoms with E-state index in [4.69, 9.17) is 0 Å². The van der Waals surface area contributed by atoms with Gasteiger partial charge in [-0.15, -0.1) is 0 Å². The Bertz CT molecular complexity index is 314. The van der Waals surface area contributed by atoms with E-state index >= 15 is 0 Å². The van der Waals surface area contributed by atoms with Gasteiger partial charge in [0.05, 0.1) is 16.7 Å². The first-order valence-electron chi connectivity index (χ1n) is 3.93. The molecule has 1 unspecified atom stereocenters. The lowest BCUT2D eigenvalue weighted by atomic mass is 10.2. The summed E-state index contributed by atoms with van der Waals surface area (Å²) in [6, 6.07) is 2.58. The first-order valence-corrected chi connectivity index (χ1v) is 3.93. The number of hydrogen-bond donors (Lipinski definition) is 1. The maximum Gasteiger partial charge on any atom is 0.272 e. The summed E-state index contributed by atoms with van der Waals surface area (Å²) in [5.74, 6) is 0. The lowest BCUT2D eigenvalue weighted by molar-refractivity contribution is -0.385. The predicted octanol–water partition coefficient (Wildman–Crippen LogP) is 1.43. The maximum absolute atomic E-state index is 10.4. The lowest BCUT2D eigenvalue weighted by Gasteiger charge is -2.05. The normalized spacial score (nSPS) is 12.5. The second kappa shape index (κ2) is 3.95. The van der Waals surface area contributed by atoms with E-state index in [1.807, 2.05) is 0 Å². The van der Waals surface area contributed by atoms with Gasteiger partial charge in [-0.05, 0) is 6.42 Å². The SMILES string of the molecule is CCC(O)c1cc([N+](=O)[O-])ccn1. The molecule has 1 rings (SSSR count). The second-order valence-electron chi connectivity index (χ2n) is 2.62. The Morgan fingerprint density at radius 3 is 3.00 bits per heavy atom. The van der Waals surface area contributed by atoms with Gasteiger partial charge in [-0.1, -0.05) is 6.92 Å². The summed E-state index contributed by atoms with van der Waals surface area (Å²) < 4.78 is 0. The van der Waals surface area contributed by atoms with Gasteiger partial charge in [0.25, 0.3) is 5.69 Å². The van der Waals surface area contributed by atoms with Crippen LogP contribution in [0.1, 0.15) is 25.1 Å². The van der Waals surface area contributed by atoms with Crippen molar-refractivity contribution < 1.29 is 10.0 Å². The number of rotatable bonds is 3. The van der Waals surface area contributed by atoms with E-state index in [9.17, 15) is 15.2 Å². The number of aliphatic hydroxyl groups excluding tert-OH is 1. The number of aromatic nitrogens is 1. The first kappa shape index (κ1) is 9.60. The second-order valence-corrected chi connectivity index (χ2v) is 2.62. The molecule has 0 bridgehead atoms.